The van der Waals surface area contributed by atoms with Gasteiger partial charge in [0.15, 0.2) is 11.5 Å². The van der Waals surface area contributed by atoms with Crippen LogP contribution in [-0.4, -0.2) is 36.3 Å². The minimum Gasteiger partial charge on any atom is -0.493 e. The van der Waals surface area contributed by atoms with E-state index in [-0.39, 0.29) is 18.4 Å². The highest BCUT2D eigenvalue weighted by molar-refractivity contribution is 5.98. The van der Waals surface area contributed by atoms with Gasteiger partial charge in [-0.1, -0.05) is 0 Å². The van der Waals surface area contributed by atoms with E-state index in [0.717, 1.165) is 0 Å². The molecule has 0 amide bonds. The number of hydrogen-bond acceptors (Lipinski definition) is 4. The third kappa shape index (κ3) is 2.36. The van der Waals surface area contributed by atoms with Crippen molar-refractivity contribution in [1.29, 1.82) is 0 Å². The highest BCUT2D eigenvalue weighted by Crippen LogP contribution is 2.21. The van der Waals surface area contributed by atoms with Gasteiger partial charge in [-0.05, 0) is 20.9 Å². The van der Waals surface area contributed by atoms with Crippen LogP contribution in [0.5, 0.6) is 5.75 Å². The van der Waals surface area contributed by atoms with Crippen molar-refractivity contribution >= 4 is 5.78 Å². The number of ether oxygens (including phenoxy) is 1. The van der Waals surface area contributed by atoms with Crippen molar-refractivity contribution in [3.8, 4) is 5.75 Å². The first-order valence-electron chi connectivity index (χ1n) is 4.91. The molecule has 5 nitrogen and oxygen atoms in total. The maximum absolute atomic E-state index is 11.8. The smallest absolute Gasteiger partial charge is 0.198 e. The molecule has 0 fully saturated rings. The summed E-state index contributed by atoms with van der Waals surface area (Å²) in [4.78, 5) is 11.8. The number of carbonyl (C=O) groups is 1. The molecular weight excluding hydrogens is 194 g/mol. The molecular formula is C10H17N3O2. The second-order valence-corrected chi connectivity index (χ2v) is 3.55. The van der Waals surface area contributed by atoms with Gasteiger partial charge >= 0.3 is 0 Å². The Morgan fingerprint density at radius 1 is 1.67 bits per heavy atom. The standard InChI is InChI=1S/C10H17N3O2/c1-7(2)13-10(8(14)5-11-3)9(15-4)6-12-13/h6-7,11H,5H2,1-4H3. The topological polar surface area (TPSA) is 56.1 Å². The molecule has 0 saturated heterocycles. The van der Waals surface area contributed by atoms with E-state index in [2.05, 4.69) is 10.4 Å². The van der Waals surface area contributed by atoms with Crippen LogP contribution in [0.25, 0.3) is 0 Å². The monoisotopic (exact) mass is 211 g/mol. The number of carbonyl (C=O) groups excluding carboxylic acids is 1. The number of ketones is 1. The summed E-state index contributed by atoms with van der Waals surface area (Å²) in [6.07, 6.45) is 1.57. The van der Waals surface area contributed by atoms with E-state index in [1.807, 2.05) is 13.8 Å². The highest BCUT2D eigenvalue weighted by atomic mass is 16.5. The molecule has 0 radical (unpaired) electrons. The molecule has 0 bridgehead atoms. The Morgan fingerprint density at radius 3 is 2.80 bits per heavy atom. The summed E-state index contributed by atoms with van der Waals surface area (Å²) in [6.45, 7) is 4.24. The van der Waals surface area contributed by atoms with Crippen LogP contribution in [0.3, 0.4) is 0 Å². The van der Waals surface area contributed by atoms with Gasteiger partial charge in [0.2, 0.25) is 0 Å². The zero-order valence-corrected chi connectivity index (χ0v) is 9.57. The summed E-state index contributed by atoms with van der Waals surface area (Å²) < 4.78 is 6.79. The van der Waals surface area contributed by atoms with Gasteiger partial charge in [0.05, 0.1) is 19.9 Å². The molecule has 84 valence electrons. The SMILES string of the molecule is CNCC(=O)c1c(OC)cnn1C(C)C. The molecule has 1 aromatic rings. The quantitative estimate of drug-likeness (QED) is 0.734. The van der Waals surface area contributed by atoms with Gasteiger partial charge in [0.1, 0.15) is 5.69 Å². The summed E-state index contributed by atoms with van der Waals surface area (Å²) >= 11 is 0. The fourth-order valence-corrected chi connectivity index (χ4v) is 1.40. The van der Waals surface area contributed by atoms with Gasteiger partial charge in [0, 0.05) is 6.04 Å². The van der Waals surface area contributed by atoms with Crippen molar-refractivity contribution in [2.45, 2.75) is 19.9 Å². The Balaban J connectivity index is 3.10. The van der Waals surface area contributed by atoms with Gasteiger partial charge < -0.3 is 10.1 Å². The molecule has 1 aromatic heterocycles. The van der Waals surface area contributed by atoms with E-state index in [1.165, 1.54) is 7.11 Å². The summed E-state index contributed by atoms with van der Waals surface area (Å²) in [5.41, 5.74) is 0.529. The summed E-state index contributed by atoms with van der Waals surface area (Å²) in [7, 11) is 3.28. The molecule has 0 aliphatic carbocycles. The minimum atomic E-state index is -0.0134. The zero-order chi connectivity index (χ0) is 11.4. The molecule has 0 aliphatic rings. The first kappa shape index (κ1) is 11.7. The molecule has 0 saturated carbocycles. The fourth-order valence-electron chi connectivity index (χ4n) is 1.40. The molecule has 1 rings (SSSR count). The predicted molar refractivity (Wildman–Crippen MR) is 57.4 cm³/mol. The number of likely N-dealkylation sites (N-methyl/N-ethyl adjacent to an activating group) is 1. The normalized spacial score (nSPS) is 10.7. The largest absolute Gasteiger partial charge is 0.493 e. The fraction of sp³-hybridized carbons (Fsp3) is 0.600. The Bertz CT molecular complexity index is 344. The van der Waals surface area contributed by atoms with Crippen LogP contribution in [0.15, 0.2) is 6.20 Å². The maximum Gasteiger partial charge on any atom is 0.198 e. The summed E-state index contributed by atoms with van der Waals surface area (Å²) in [5.74, 6) is 0.518. The van der Waals surface area contributed by atoms with Crippen molar-refractivity contribution < 1.29 is 9.53 Å². The van der Waals surface area contributed by atoms with Gasteiger partial charge in [-0.2, -0.15) is 5.10 Å². The Kier molecular flexibility index (Phi) is 3.85. The van der Waals surface area contributed by atoms with E-state index in [0.29, 0.717) is 11.4 Å². The lowest BCUT2D eigenvalue weighted by atomic mass is 10.2. The molecule has 0 atom stereocenters. The lowest BCUT2D eigenvalue weighted by Gasteiger charge is -2.10. The van der Waals surface area contributed by atoms with Crippen LogP contribution in [0, 0.1) is 0 Å². The van der Waals surface area contributed by atoms with Crippen LogP contribution in [0.2, 0.25) is 0 Å². The van der Waals surface area contributed by atoms with Gasteiger partial charge in [-0.3, -0.25) is 9.48 Å². The van der Waals surface area contributed by atoms with Crippen molar-refractivity contribution in [3.05, 3.63) is 11.9 Å². The zero-order valence-electron chi connectivity index (χ0n) is 9.57. The lowest BCUT2D eigenvalue weighted by molar-refractivity contribution is 0.0978. The Morgan fingerprint density at radius 2 is 2.33 bits per heavy atom. The summed E-state index contributed by atoms with van der Waals surface area (Å²) in [5, 5.41) is 6.96. The maximum atomic E-state index is 11.8. The van der Waals surface area contributed by atoms with Crippen LogP contribution >= 0.6 is 0 Å². The highest BCUT2D eigenvalue weighted by Gasteiger charge is 2.19. The number of nitrogens with zero attached hydrogens (tertiary/aromatic N) is 2. The summed E-state index contributed by atoms with van der Waals surface area (Å²) in [6, 6.07) is 0.143. The van der Waals surface area contributed by atoms with Crippen LogP contribution in [-0.2, 0) is 0 Å². The first-order valence-corrected chi connectivity index (χ1v) is 4.91. The first-order chi connectivity index (χ1) is 7.11. The third-order valence-electron chi connectivity index (χ3n) is 2.07. The Labute approximate surface area is 89.4 Å². The van der Waals surface area contributed by atoms with Crippen molar-refractivity contribution in [2.24, 2.45) is 0 Å². The van der Waals surface area contributed by atoms with Gasteiger partial charge in [0.25, 0.3) is 0 Å². The second-order valence-electron chi connectivity index (χ2n) is 3.55. The third-order valence-corrected chi connectivity index (χ3v) is 2.07. The lowest BCUT2D eigenvalue weighted by Crippen LogP contribution is -2.23. The van der Waals surface area contributed by atoms with E-state index in [9.17, 15) is 4.79 Å². The van der Waals surface area contributed by atoms with E-state index in [1.54, 1.807) is 17.9 Å². The molecule has 1 N–H and O–H groups in total. The van der Waals surface area contributed by atoms with Crippen LogP contribution in [0.1, 0.15) is 30.4 Å². The number of hydrogen-bond donors (Lipinski definition) is 1. The van der Waals surface area contributed by atoms with Crippen molar-refractivity contribution in [3.63, 3.8) is 0 Å². The van der Waals surface area contributed by atoms with Crippen molar-refractivity contribution in [1.82, 2.24) is 15.1 Å². The van der Waals surface area contributed by atoms with Crippen LogP contribution in [0.4, 0.5) is 0 Å². The van der Waals surface area contributed by atoms with Crippen molar-refractivity contribution in [2.75, 3.05) is 20.7 Å². The molecule has 0 aromatic carbocycles. The molecule has 0 unspecified atom stereocenters. The van der Waals surface area contributed by atoms with Gasteiger partial charge in [-0.15, -0.1) is 0 Å². The number of aromatic nitrogens is 2. The number of Topliss-reactive ketones (excluding diaryl/α,β-unsaturated/α-hetero) is 1. The molecule has 5 heteroatoms. The number of rotatable bonds is 5. The van der Waals surface area contributed by atoms with E-state index in [4.69, 9.17) is 4.74 Å². The average molecular weight is 211 g/mol. The number of nitrogens with one attached hydrogen (secondary N) is 1. The van der Waals surface area contributed by atoms with E-state index < -0.39 is 0 Å². The molecule has 15 heavy (non-hydrogen) atoms. The minimum absolute atomic E-state index is 0.0134. The second kappa shape index (κ2) is 4.93. The Hall–Kier alpha value is -1.36. The average Bonchev–Trinajstić information content (AvgIpc) is 2.61. The molecule has 0 aliphatic heterocycles. The van der Waals surface area contributed by atoms with Gasteiger partial charge in [-0.25, -0.2) is 0 Å². The van der Waals surface area contributed by atoms with E-state index >= 15 is 0 Å². The molecule has 0 spiro atoms. The molecule has 1 heterocycles. The van der Waals surface area contributed by atoms with Crippen LogP contribution < -0.4 is 10.1 Å². The number of methoxy groups -OCH3 is 1. The predicted octanol–water partition coefficient (Wildman–Crippen LogP) is 0.875.